The van der Waals surface area contributed by atoms with Gasteiger partial charge < -0.3 is 9.64 Å². The summed E-state index contributed by atoms with van der Waals surface area (Å²) in [6.07, 6.45) is 1.03. The first-order valence-corrected chi connectivity index (χ1v) is 4.29. The highest BCUT2D eigenvalue weighted by Gasteiger charge is 2.26. The van der Waals surface area contributed by atoms with Crippen molar-refractivity contribution in [3.63, 3.8) is 0 Å². The van der Waals surface area contributed by atoms with E-state index in [9.17, 15) is 4.79 Å². The average molecular weight is 177 g/mol. The third-order valence-corrected chi connectivity index (χ3v) is 2.07. The lowest BCUT2D eigenvalue weighted by molar-refractivity contribution is -0.126. The monoisotopic (exact) mass is 177 g/mol. The molecule has 68 valence electrons. The molecule has 13 heavy (non-hydrogen) atoms. The SMILES string of the molecule is O=CN1CC(Oc2ccccc2)C1. The van der Waals surface area contributed by atoms with E-state index in [-0.39, 0.29) is 6.10 Å². The van der Waals surface area contributed by atoms with Gasteiger partial charge >= 0.3 is 0 Å². The van der Waals surface area contributed by atoms with E-state index in [1.54, 1.807) is 4.90 Å². The molecule has 1 aromatic rings. The van der Waals surface area contributed by atoms with E-state index in [2.05, 4.69) is 0 Å². The molecule has 0 spiro atoms. The van der Waals surface area contributed by atoms with Gasteiger partial charge in [0.25, 0.3) is 0 Å². The number of hydrogen-bond donors (Lipinski definition) is 0. The lowest BCUT2D eigenvalue weighted by Crippen LogP contribution is -2.52. The van der Waals surface area contributed by atoms with Crippen molar-refractivity contribution in [2.45, 2.75) is 6.10 Å². The number of benzene rings is 1. The van der Waals surface area contributed by atoms with Gasteiger partial charge in [-0.25, -0.2) is 0 Å². The highest BCUT2D eigenvalue weighted by Crippen LogP contribution is 2.15. The normalized spacial score (nSPS) is 16.5. The van der Waals surface area contributed by atoms with Crippen LogP contribution in [0.5, 0.6) is 5.75 Å². The molecule has 3 heteroatoms. The van der Waals surface area contributed by atoms with Gasteiger partial charge in [-0.2, -0.15) is 0 Å². The van der Waals surface area contributed by atoms with Crippen molar-refractivity contribution in [1.82, 2.24) is 4.90 Å². The third kappa shape index (κ3) is 1.80. The van der Waals surface area contributed by atoms with Crippen LogP contribution in [0.15, 0.2) is 30.3 Å². The average Bonchev–Trinajstić information content (AvgIpc) is 2.12. The van der Waals surface area contributed by atoms with Gasteiger partial charge in [-0.3, -0.25) is 4.79 Å². The number of ether oxygens (including phenoxy) is 1. The zero-order valence-electron chi connectivity index (χ0n) is 7.22. The second-order valence-corrected chi connectivity index (χ2v) is 3.11. The Bertz CT molecular complexity index is 280. The number of likely N-dealkylation sites (tertiary alicyclic amines) is 1. The van der Waals surface area contributed by atoms with E-state index in [1.165, 1.54) is 0 Å². The lowest BCUT2D eigenvalue weighted by atomic mass is 10.2. The Labute approximate surface area is 76.9 Å². The molecule has 0 radical (unpaired) electrons. The molecule has 0 bridgehead atoms. The summed E-state index contributed by atoms with van der Waals surface area (Å²) < 4.78 is 5.58. The summed E-state index contributed by atoms with van der Waals surface area (Å²) in [4.78, 5) is 11.9. The summed E-state index contributed by atoms with van der Waals surface area (Å²) in [5.41, 5.74) is 0. The Hall–Kier alpha value is -1.51. The van der Waals surface area contributed by atoms with E-state index < -0.39 is 0 Å². The molecule has 1 aliphatic heterocycles. The lowest BCUT2D eigenvalue weighted by Gasteiger charge is -2.36. The summed E-state index contributed by atoms with van der Waals surface area (Å²) in [5, 5.41) is 0. The molecule has 1 aromatic carbocycles. The summed E-state index contributed by atoms with van der Waals surface area (Å²) in [6.45, 7) is 1.41. The van der Waals surface area contributed by atoms with Crippen LogP contribution in [-0.2, 0) is 4.79 Å². The highest BCUT2D eigenvalue weighted by molar-refractivity contribution is 5.49. The maximum absolute atomic E-state index is 10.3. The molecule has 0 aromatic heterocycles. The van der Waals surface area contributed by atoms with Gasteiger partial charge in [-0.15, -0.1) is 0 Å². The van der Waals surface area contributed by atoms with Crippen LogP contribution in [0, 0.1) is 0 Å². The van der Waals surface area contributed by atoms with Crippen molar-refractivity contribution in [1.29, 1.82) is 0 Å². The number of carbonyl (C=O) groups is 1. The topological polar surface area (TPSA) is 29.5 Å². The summed E-state index contributed by atoms with van der Waals surface area (Å²) in [5.74, 6) is 0.873. The zero-order chi connectivity index (χ0) is 9.10. The highest BCUT2D eigenvalue weighted by atomic mass is 16.5. The number of nitrogens with zero attached hydrogens (tertiary/aromatic N) is 1. The van der Waals surface area contributed by atoms with E-state index >= 15 is 0 Å². The van der Waals surface area contributed by atoms with Crippen molar-refractivity contribution >= 4 is 6.41 Å². The number of para-hydroxylation sites is 1. The maximum Gasteiger partial charge on any atom is 0.209 e. The first-order chi connectivity index (χ1) is 6.38. The van der Waals surface area contributed by atoms with Gasteiger partial charge in [0.15, 0.2) is 0 Å². The molecule has 0 unspecified atom stereocenters. The quantitative estimate of drug-likeness (QED) is 0.642. The van der Waals surface area contributed by atoms with Crippen LogP contribution in [0.2, 0.25) is 0 Å². The maximum atomic E-state index is 10.3. The van der Waals surface area contributed by atoms with E-state index in [1.807, 2.05) is 30.3 Å². The minimum atomic E-state index is 0.174. The Morgan fingerprint density at radius 2 is 2.00 bits per heavy atom. The Kier molecular flexibility index (Phi) is 2.17. The zero-order valence-corrected chi connectivity index (χ0v) is 7.22. The van der Waals surface area contributed by atoms with Gasteiger partial charge in [0.05, 0.1) is 13.1 Å². The van der Waals surface area contributed by atoms with Crippen LogP contribution in [-0.4, -0.2) is 30.5 Å². The van der Waals surface area contributed by atoms with Crippen molar-refractivity contribution < 1.29 is 9.53 Å². The number of amides is 1. The standard InChI is InChI=1S/C10H11NO2/c12-8-11-6-10(7-11)13-9-4-2-1-3-5-9/h1-5,8,10H,6-7H2. The van der Waals surface area contributed by atoms with Crippen LogP contribution >= 0.6 is 0 Å². The van der Waals surface area contributed by atoms with Gasteiger partial charge in [-0.1, -0.05) is 18.2 Å². The van der Waals surface area contributed by atoms with Crippen molar-refractivity contribution in [3.8, 4) is 5.75 Å². The summed E-state index contributed by atoms with van der Waals surface area (Å²) >= 11 is 0. The fraction of sp³-hybridized carbons (Fsp3) is 0.300. The molecule has 1 aliphatic rings. The second-order valence-electron chi connectivity index (χ2n) is 3.11. The number of carbonyl (C=O) groups excluding carboxylic acids is 1. The van der Waals surface area contributed by atoms with Crippen molar-refractivity contribution in [2.24, 2.45) is 0 Å². The van der Waals surface area contributed by atoms with Gasteiger partial charge in [0.1, 0.15) is 11.9 Å². The second kappa shape index (κ2) is 3.47. The molecule has 0 atom stereocenters. The van der Waals surface area contributed by atoms with E-state index in [4.69, 9.17) is 4.74 Å². The van der Waals surface area contributed by atoms with Crippen molar-refractivity contribution in [3.05, 3.63) is 30.3 Å². The largest absolute Gasteiger partial charge is 0.487 e. The number of hydrogen-bond acceptors (Lipinski definition) is 2. The molecule has 1 heterocycles. The fourth-order valence-electron chi connectivity index (χ4n) is 1.32. The van der Waals surface area contributed by atoms with Crippen LogP contribution in [0.1, 0.15) is 0 Å². The Balaban J connectivity index is 1.84. The van der Waals surface area contributed by atoms with Crippen molar-refractivity contribution in [2.75, 3.05) is 13.1 Å². The summed E-state index contributed by atoms with van der Waals surface area (Å²) in [6, 6.07) is 9.66. The van der Waals surface area contributed by atoms with E-state index in [0.29, 0.717) is 13.1 Å². The smallest absolute Gasteiger partial charge is 0.209 e. The molecule has 0 N–H and O–H groups in total. The van der Waals surface area contributed by atoms with Crippen LogP contribution in [0.25, 0.3) is 0 Å². The first kappa shape index (κ1) is 8.10. The fourth-order valence-corrected chi connectivity index (χ4v) is 1.32. The minimum absolute atomic E-state index is 0.174. The minimum Gasteiger partial charge on any atom is -0.487 e. The molecule has 1 amide bonds. The van der Waals surface area contributed by atoms with Gasteiger partial charge in [0.2, 0.25) is 6.41 Å². The van der Waals surface area contributed by atoms with Crippen LogP contribution in [0.3, 0.4) is 0 Å². The molecular weight excluding hydrogens is 166 g/mol. The molecule has 3 nitrogen and oxygen atoms in total. The first-order valence-electron chi connectivity index (χ1n) is 4.29. The number of rotatable bonds is 3. The predicted molar refractivity (Wildman–Crippen MR) is 48.5 cm³/mol. The molecule has 1 saturated heterocycles. The molecule has 1 fully saturated rings. The van der Waals surface area contributed by atoms with Crippen LogP contribution in [0.4, 0.5) is 0 Å². The van der Waals surface area contributed by atoms with Gasteiger partial charge in [0, 0.05) is 0 Å². The van der Waals surface area contributed by atoms with Crippen LogP contribution < -0.4 is 4.74 Å². The predicted octanol–water partition coefficient (Wildman–Crippen LogP) is 0.906. The Morgan fingerprint density at radius 3 is 2.62 bits per heavy atom. The molecular formula is C10H11NO2. The third-order valence-electron chi connectivity index (χ3n) is 2.07. The van der Waals surface area contributed by atoms with E-state index in [0.717, 1.165) is 12.2 Å². The summed E-state index contributed by atoms with van der Waals surface area (Å²) in [7, 11) is 0. The molecule has 0 aliphatic carbocycles. The Morgan fingerprint density at radius 1 is 1.31 bits per heavy atom. The van der Waals surface area contributed by atoms with Gasteiger partial charge in [-0.05, 0) is 12.1 Å². The molecule has 0 saturated carbocycles. The molecule has 2 rings (SSSR count).